The van der Waals surface area contributed by atoms with Gasteiger partial charge in [-0.1, -0.05) is 12.1 Å². The molecule has 1 aromatic rings. The summed E-state index contributed by atoms with van der Waals surface area (Å²) in [6.07, 6.45) is -12.1. The first kappa shape index (κ1) is 17.3. The SMILES string of the molecule is Cc1cc(C(F)(C(F)(F)F)C(F)(F)F)cc(C)c1NC=O. The van der Waals surface area contributed by atoms with E-state index in [1.54, 1.807) is 0 Å². The van der Waals surface area contributed by atoms with Gasteiger partial charge in [-0.2, -0.15) is 26.3 Å². The molecule has 0 radical (unpaired) electrons. The van der Waals surface area contributed by atoms with Gasteiger partial charge < -0.3 is 5.32 Å². The quantitative estimate of drug-likeness (QED) is 0.658. The fourth-order valence-corrected chi connectivity index (χ4v) is 1.94. The molecule has 0 saturated carbocycles. The molecule has 118 valence electrons. The predicted octanol–water partition coefficient (Wildman–Crippen LogP) is 4.16. The minimum atomic E-state index is -6.16. The van der Waals surface area contributed by atoms with E-state index in [0.29, 0.717) is 12.1 Å². The van der Waals surface area contributed by atoms with Crippen molar-refractivity contribution in [2.24, 2.45) is 0 Å². The lowest BCUT2D eigenvalue weighted by Gasteiger charge is -2.31. The summed E-state index contributed by atoms with van der Waals surface area (Å²) in [5, 5.41) is 2.13. The summed E-state index contributed by atoms with van der Waals surface area (Å²) in [4.78, 5) is 10.3. The normalized spacial score (nSPS) is 13.2. The van der Waals surface area contributed by atoms with Gasteiger partial charge in [-0.05, 0) is 25.0 Å². The lowest BCUT2D eigenvalue weighted by molar-refractivity contribution is -0.348. The lowest BCUT2D eigenvalue weighted by atomic mass is 9.90. The van der Waals surface area contributed by atoms with E-state index >= 15 is 0 Å². The Morgan fingerprint density at radius 1 is 0.905 bits per heavy atom. The standard InChI is InChI=1S/C12H10F7NO/c1-6-3-8(4-7(2)9(6)20-5-21)10(13,11(14,15)16)12(17,18)19/h3-5H,1-2H3,(H,20,21). The molecule has 0 aliphatic heterocycles. The second-order valence-corrected chi connectivity index (χ2v) is 4.40. The molecule has 0 saturated heterocycles. The van der Waals surface area contributed by atoms with Gasteiger partial charge in [-0.15, -0.1) is 0 Å². The summed E-state index contributed by atoms with van der Waals surface area (Å²) < 4.78 is 89.7. The van der Waals surface area contributed by atoms with Crippen LogP contribution >= 0.6 is 0 Å². The Labute approximate surface area is 114 Å². The van der Waals surface area contributed by atoms with Gasteiger partial charge in [0.1, 0.15) is 0 Å². The number of hydrogen-bond acceptors (Lipinski definition) is 1. The van der Waals surface area contributed by atoms with Crippen molar-refractivity contribution in [2.45, 2.75) is 31.9 Å². The molecule has 0 bridgehead atoms. The molecule has 1 aromatic carbocycles. The molecule has 0 spiro atoms. The fourth-order valence-electron chi connectivity index (χ4n) is 1.94. The van der Waals surface area contributed by atoms with Crippen LogP contribution in [0, 0.1) is 13.8 Å². The van der Waals surface area contributed by atoms with Crippen LogP contribution in [-0.2, 0) is 10.5 Å². The number of hydrogen-bond donors (Lipinski definition) is 1. The summed E-state index contributed by atoms with van der Waals surface area (Å²) >= 11 is 0. The molecule has 0 atom stereocenters. The minimum Gasteiger partial charge on any atom is -0.328 e. The van der Waals surface area contributed by atoms with Crippen LogP contribution in [0.2, 0.25) is 0 Å². The van der Waals surface area contributed by atoms with E-state index in [1.807, 2.05) is 0 Å². The third-order valence-electron chi connectivity index (χ3n) is 2.91. The van der Waals surface area contributed by atoms with Crippen molar-refractivity contribution in [1.29, 1.82) is 0 Å². The predicted molar refractivity (Wildman–Crippen MR) is 60.5 cm³/mol. The van der Waals surface area contributed by atoms with Crippen LogP contribution in [0.15, 0.2) is 12.1 Å². The second kappa shape index (κ2) is 5.19. The number of anilines is 1. The van der Waals surface area contributed by atoms with Crippen LogP contribution in [0.5, 0.6) is 0 Å². The van der Waals surface area contributed by atoms with E-state index in [4.69, 9.17) is 0 Å². The summed E-state index contributed by atoms with van der Waals surface area (Å²) in [6, 6.07) is 0.833. The van der Waals surface area contributed by atoms with Crippen molar-refractivity contribution in [3.63, 3.8) is 0 Å². The van der Waals surface area contributed by atoms with Gasteiger partial charge in [-0.3, -0.25) is 4.79 Å². The molecule has 2 nitrogen and oxygen atoms in total. The van der Waals surface area contributed by atoms with Gasteiger partial charge in [0.15, 0.2) is 0 Å². The Balaban J connectivity index is 3.60. The van der Waals surface area contributed by atoms with E-state index in [-0.39, 0.29) is 23.2 Å². The highest BCUT2D eigenvalue weighted by Gasteiger charge is 2.73. The Morgan fingerprint density at radius 3 is 1.57 bits per heavy atom. The Bertz CT molecular complexity index is 511. The number of halogens is 7. The maximum atomic E-state index is 13.9. The van der Waals surface area contributed by atoms with Crippen molar-refractivity contribution < 1.29 is 35.5 Å². The topological polar surface area (TPSA) is 29.1 Å². The molecule has 0 aliphatic carbocycles. The van der Waals surface area contributed by atoms with E-state index in [9.17, 15) is 35.5 Å². The molecule has 21 heavy (non-hydrogen) atoms. The molecular formula is C12H10F7NO. The largest absolute Gasteiger partial charge is 0.435 e. The number of rotatable bonds is 3. The zero-order valence-corrected chi connectivity index (χ0v) is 10.8. The van der Waals surface area contributed by atoms with Crippen LogP contribution < -0.4 is 5.32 Å². The first-order chi connectivity index (χ1) is 9.36. The number of carbonyl (C=O) groups is 1. The number of nitrogens with one attached hydrogen (secondary N) is 1. The summed E-state index contributed by atoms with van der Waals surface area (Å²) in [6.45, 7) is 2.32. The number of amides is 1. The third kappa shape index (κ3) is 2.81. The van der Waals surface area contributed by atoms with Crippen molar-refractivity contribution in [3.8, 4) is 0 Å². The molecule has 1 N–H and O–H groups in total. The number of carbonyl (C=O) groups excluding carboxylic acids is 1. The second-order valence-electron chi connectivity index (χ2n) is 4.40. The van der Waals surface area contributed by atoms with E-state index in [0.717, 1.165) is 13.8 Å². The zero-order valence-electron chi connectivity index (χ0n) is 10.8. The van der Waals surface area contributed by atoms with Gasteiger partial charge >= 0.3 is 18.0 Å². The van der Waals surface area contributed by atoms with E-state index < -0.39 is 23.6 Å². The fraction of sp³-hybridized carbons (Fsp3) is 0.417. The number of alkyl halides is 7. The molecular weight excluding hydrogens is 307 g/mol. The van der Waals surface area contributed by atoms with Crippen LogP contribution in [0.1, 0.15) is 16.7 Å². The molecule has 1 rings (SSSR count). The smallest absolute Gasteiger partial charge is 0.328 e. The Hall–Kier alpha value is -1.80. The summed E-state index contributed by atoms with van der Waals surface area (Å²) in [7, 11) is 0. The van der Waals surface area contributed by atoms with Gasteiger partial charge in [-0.25, -0.2) is 4.39 Å². The van der Waals surface area contributed by atoms with Crippen molar-refractivity contribution in [1.82, 2.24) is 0 Å². The van der Waals surface area contributed by atoms with Crippen LogP contribution in [0.25, 0.3) is 0 Å². The molecule has 0 aliphatic rings. The van der Waals surface area contributed by atoms with Gasteiger partial charge in [0.2, 0.25) is 6.41 Å². The average Bonchev–Trinajstić information content (AvgIpc) is 2.29. The molecule has 0 aromatic heterocycles. The van der Waals surface area contributed by atoms with Gasteiger partial charge in [0.05, 0.1) is 0 Å². The van der Waals surface area contributed by atoms with Crippen molar-refractivity contribution >= 4 is 12.1 Å². The zero-order chi connectivity index (χ0) is 16.6. The molecule has 0 fully saturated rings. The van der Waals surface area contributed by atoms with Crippen molar-refractivity contribution in [3.05, 3.63) is 28.8 Å². The number of benzene rings is 1. The minimum absolute atomic E-state index is 0.0282. The monoisotopic (exact) mass is 317 g/mol. The highest BCUT2D eigenvalue weighted by Crippen LogP contribution is 2.53. The third-order valence-corrected chi connectivity index (χ3v) is 2.91. The first-order valence-corrected chi connectivity index (χ1v) is 5.50. The first-order valence-electron chi connectivity index (χ1n) is 5.50. The summed E-state index contributed by atoms with van der Waals surface area (Å²) in [5.41, 5.74) is -7.26. The lowest BCUT2D eigenvalue weighted by Crippen LogP contribution is -2.50. The van der Waals surface area contributed by atoms with Crippen LogP contribution in [-0.4, -0.2) is 18.8 Å². The van der Waals surface area contributed by atoms with Crippen molar-refractivity contribution in [2.75, 3.05) is 5.32 Å². The number of aryl methyl sites for hydroxylation is 2. The van der Waals surface area contributed by atoms with E-state index in [1.165, 1.54) is 0 Å². The van der Waals surface area contributed by atoms with Gasteiger partial charge in [0, 0.05) is 11.3 Å². The van der Waals surface area contributed by atoms with E-state index in [2.05, 4.69) is 5.32 Å². The molecule has 0 unspecified atom stereocenters. The Morgan fingerprint density at radius 2 is 1.29 bits per heavy atom. The highest BCUT2D eigenvalue weighted by molar-refractivity contribution is 5.76. The summed E-state index contributed by atoms with van der Waals surface area (Å²) in [5.74, 6) is 0. The maximum absolute atomic E-state index is 13.9. The highest BCUT2D eigenvalue weighted by atomic mass is 19.4. The van der Waals surface area contributed by atoms with Crippen LogP contribution in [0.4, 0.5) is 36.4 Å². The molecule has 0 heterocycles. The Kier molecular flexibility index (Phi) is 4.27. The molecule has 1 amide bonds. The molecule has 9 heteroatoms. The maximum Gasteiger partial charge on any atom is 0.435 e. The average molecular weight is 317 g/mol. The van der Waals surface area contributed by atoms with Gasteiger partial charge in [0.25, 0.3) is 0 Å². The van der Waals surface area contributed by atoms with Crippen LogP contribution in [0.3, 0.4) is 0 Å².